The zero-order chi connectivity index (χ0) is 13.0. The second kappa shape index (κ2) is 6.07. The number of esters is 1. The van der Waals surface area contributed by atoms with Gasteiger partial charge in [0.2, 0.25) is 4.91 Å². The molecule has 0 bridgehead atoms. The summed E-state index contributed by atoms with van der Waals surface area (Å²) in [7, 11) is 0. The van der Waals surface area contributed by atoms with Crippen LogP contribution in [0, 0.1) is 11.4 Å². The molecule has 6 heteroatoms. The fourth-order valence-corrected chi connectivity index (χ4v) is 2.74. The molecule has 1 aliphatic heterocycles. The molecule has 0 unspecified atom stereocenters. The van der Waals surface area contributed by atoms with Crippen LogP contribution in [0.25, 0.3) is 0 Å². The Balaban J connectivity index is 1.97. The van der Waals surface area contributed by atoms with Gasteiger partial charge in [-0.3, -0.25) is 9.69 Å². The maximum absolute atomic E-state index is 11.9. The smallest absolute Gasteiger partial charge is 0.323 e. The van der Waals surface area contributed by atoms with Gasteiger partial charge >= 0.3 is 5.97 Å². The van der Waals surface area contributed by atoms with Crippen LogP contribution in [-0.2, 0) is 9.53 Å². The lowest BCUT2D eigenvalue weighted by Crippen LogP contribution is -2.41. The number of nitrogens with zero attached hydrogens (tertiary/aromatic N) is 3. The van der Waals surface area contributed by atoms with E-state index in [0.717, 1.165) is 13.1 Å². The van der Waals surface area contributed by atoms with Gasteiger partial charge < -0.3 is 4.74 Å². The van der Waals surface area contributed by atoms with Gasteiger partial charge in [0, 0.05) is 19.5 Å². The van der Waals surface area contributed by atoms with E-state index in [1.54, 1.807) is 0 Å². The molecule has 6 nitrogen and oxygen atoms in total. The minimum Gasteiger partial charge on any atom is -0.465 e. The minimum absolute atomic E-state index is 0.0306. The molecule has 2 fully saturated rings. The van der Waals surface area contributed by atoms with Crippen LogP contribution < -0.4 is 4.91 Å². The Morgan fingerprint density at radius 3 is 2.89 bits per heavy atom. The molecule has 0 aromatic heterocycles. The zero-order valence-corrected chi connectivity index (χ0v) is 10.8. The largest absolute Gasteiger partial charge is 0.465 e. The molecule has 1 N–H and O–H groups in total. The Bertz CT molecular complexity index is 350. The summed E-state index contributed by atoms with van der Waals surface area (Å²) in [5, 5.41) is 3.86. The highest BCUT2D eigenvalue weighted by Gasteiger charge is 2.41. The normalized spacial score (nSPS) is 28.5. The number of hydrogen-bond acceptors (Lipinski definition) is 5. The molecule has 18 heavy (non-hydrogen) atoms. The third-order valence-electron chi connectivity index (χ3n) is 3.88. The Morgan fingerprint density at radius 2 is 2.33 bits per heavy atom. The summed E-state index contributed by atoms with van der Waals surface area (Å²) in [6.45, 7) is 3.91. The first-order chi connectivity index (χ1) is 8.74. The molecule has 2 aliphatic rings. The average molecular weight is 253 g/mol. The molecule has 1 saturated heterocycles. The van der Waals surface area contributed by atoms with Crippen LogP contribution in [0.5, 0.6) is 0 Å². The predicted molar refractivity (Wildman–Crippen MR) is 65.0 cm³/mol. The van der Waals surface area contributed by atoms with Gasteiger partial charge in [-0.25, -0.2) is 0 Å². The Morgan fingerprint density at radius 1 is 1.56 bits per heavy atom. The highest BCUT2D eigenvalue weighted by molar-refractivity contribution is 5.76. The van der Waals surface area contributed by atoms with E-state index in [-0.39, 0.29) is 18.1 Å². The summed E-state index contributed by atoms with van der Waals surface area (Å²) in [5.41, 5.74) is 6.80. The molecular weight excluding hydrogens is 232 g/mol. The van der Waals surface area contributed by atoms with E-state index in [1.807, 2.05) is 6.92 Å². The number of ether oxygens (including phenoxy) is 1. The first kappa shape index (κ1) is 13.2. The molecule has 100 valence electrons. The summed E-state index contributed by atoms with van der Waals surface area (Å²) in [4.78, 5) is 17.2. The van der Waals surface area contributed by atoms with Crippen LogP contribution in [0.4, 0.5) is 0 Å². The fraction of sp³-hybridized carbons (Fsp3) is 0.917. The Hall–Kier alpha value is -1.26. The third kappa shape index (κ3) is 2.94. The average Bonchev–Trinajstić information content (AvgIpc) is 2.68. The van der Waals surface area contributed by atoms with Crippen molar-refractivity contribution < 1.29 is 9.53 Å². The molecule has 0 amide bonds. The number of rotatable bonds is 5. The molecule has 0 radical (unpaired) electrons. The molecule has 1 heterocycles. The lowest BCUT2D eigenvalue weighted by atomic mass is 9.85. The summed E-state index contributed by atoms with van der Waals surface area (Å²) in [6.07, 6.45) is 4.46. The first-order valence-electron chi connectivity index (χ1n) is 6.71. The molecule has 0 aromatic carbocycles. The second-order valence-corrected chi connectivity index (χ2v) is 5.12. The lowest BCUT2D eigenvalue weighted by molar-refractivity contribution is -0.148. The highest BCUT2D eigenvalue weighted by Crippen LogP contribution is 2.30. The van der Waals surface area contributed by atoms with Gasteiger partial charge in [0.15, 0.2) is 0 Å². The van der Waals surface area contributed by atoms with Crippen LogP contribution >= 0.6 is 0 Å². The molecular formula is C12H21N4O2+. The summed E-state index contributed by atoms with van der Waals surface area (Å²) in [5.74, 6) is 0.563. The number of carbonyl (C=O) groups excluding carboxylic acids is 1. The van der Waals surface area contributed by atoms with Gasteiger partial charge in [0.05, 0.1) is 6.61 Å². The van der Waals surface area contributed by atoms with Crippen molar-refractivity contribution in [3.8, 4) is 0 Å². The van der Waals surface area contributed by atoms with Crippen molar-refractivity contribution in [2.24, 2.45) is 11.0 Å². The summed E-state index contributed by atoms with van der Waals surface area (Å²) in [6, 6.07) is -0.224. The van der Waals surface area contributed by atoms with Gasteiger partial charge in [0.25, 0.3) is 0 Å². The van der Waals surface area contributed by atoms with Gasteiger partial charge in [0.1, 0.15) is 22.7 Å². The van der Waals surface area contributed by atoms with Crippen LogP contribution in [-0.4, -0.2) is 42.6 Å². The molecule has 0 aromatic rings. The summed E-state index contributed by atoms with van der Waals surface area (Å²) < 4.78 is 5.12. The molecule has 1 saturated carbocycles. The first-order valence-corrected chi connectivity index (χ1v) is 6.71. The van der Waals surface area contributed by atoms with Crippen molar-refractivity contribution in [3.05, 3.63) is 0 Å². The fourth-order valence-electron chi connectivity index (χ4n) is 2.74. The third-order valence-corrected chi connectivity index (χ3v) is 3.88. The van der Waals surface area contributed by atoms with Crippen LogP contribution in [0.3, 0.4) is 0 Å². The Labute approximate surface area is 107 Å². The van der Waals surface area contributed by atoms with E-state index < -0.39 is 0 Å². The minimum atomic E-state index is -0.193. The quantitative estimate of drug-likeness (QED) is 0.456. The second-order valence-electron chi connectivity index (χ2n) is 5.12. The maximum atomic E-state index is 11.9. The lowest BCUT2D eigenvalue weighted by Gasteiger charge is -2.32. The number of hydrogen-bond donors (Lipinski definition) is 1. The van der Waals surface area contributed by atoms with E-state index in [9.17, 15) is 4.79 Å². The van der Waals surface area contributed by atoms with Gasteiger partial charge in [-0.15, -0.1) is 0 Å². The van der Waals surface area contributed by atoms with Gasteiger partial charge in [-0.05, 0) is 25.7 Å². The number of likely N-dealkylation sites (tertiary alicyclic amines) is 1. The molecule has 1 aliphatic carbocycles. The predicted octanol–water partition coefficient (Wildman–Crippen LogP) is 1.34. The highest BCUT2D eigenvalue weighted by atomic mass is 16.5. The van der Waals surface area contributed by atoms with E-state index >= 15 is 0 Å². The monoisotopic (exact) mass is 253 g/mol. The SMILES string of the molecule is CCOC(=O)[C@@H]1C[C@H](N=[N+]=N)CN1CC1CCC1. The van der Waals surface area contributed by atoms with E-state index in [1.165, 1.54) is 19.3 Å². The van der Waals surface area contributed by atoms with E-state index in [0.29, 0.717) is 18.9 Å². The van der Waals surface area contributed by atoms with Crippen molar-refractivity contribution in [1.29, 1.82) is 5.53 Å². The summed E-state index contributed by atoms with van der Waals surface area (Å²) >= 11 is 0. The molecule has 0 spiro atoms. The van der Waals surface area contributed by atoms with Crippen molar-refractivity contribution in [3.63, 3.8) is 0 Å². The topological polar surface area (TPSA) is 79.8 Å². The molecule has 2 rings (SSSR count). The number of nitrogens with one attached hydrogen (secondary N) is 1. The zero-order valence-electron chi connectivity index (χ0n) is 10.8. The van der Waals surface area contributed by atoms with Gasteiger partial charge in [-0.2, -0.15) is 0 Å². The maximum Gasteiger partial charge on any atom is 0.323 e. The van der Waals surface area contributed by atoms with Crippen LogP contribution in [0.1, 0.15) is 32.6 Å². The van der Waals surface area contributed by atoms with Crippen LogP contribution in [0.15, 0.2) is 5.11 Å². The van der Waals surface area contributed by atoms with Crippen molar-refractivity contribution >= 4 is 5.97 Å². The standard InChI is InChI=1S/C12H21N4O2/c1-2-18-12(17)11-6-10(14-15-13)8-16(11)7-9-4-3-5-9/h9-11,13H,2-8H2,1H3/q+1/t10-,11-/m0/s1. The van der Waals surface area contributed by atoms with Crippen molar-refractivity contribution in [1.82, 2.24) is 9.81 Å². The van der Waals surface area contributed by atoms with Gasteiger partial charge in [-0.1, -0.05) is 6.42 Å². The molecule has 2 atom stereocenters. The number of carbonyl (C=O) groups is 1. The van der Waals surface area contributed by atoms with E-state index in [2.05, 4.69) is 14.9 Å². The van der Waals surface area contributed by atoms with Crippen molar-refractivity contribution in [2.45, 2.75) is 44.7 Å². The van der Waals surface area contributed by atoms with E-state index in [4.69, 9.17) is 10.3 Å². The Kier molecular flexibility index (Phi) is 4.44. The van der Waals surface area contributed by atoms with Crippen LogP contribution in [0.2, 0.25) is 0 Å². The van der Waals surface area contributed by atoms with Crippen molar-refractivity contribution in [2.75, 3.05) is 19.7 Å².